The molecule has 2 heterocycles. The van der Waals surface area contributed by atoms with Crippen molar-refractivity contribution in [2.24, 2.45) is 5.14 Å². The van der Waals surface area contributed by atoms with Crippen LogP contribution in [0.4, 0.5) is 5.69 Å². The molecule has 150 valence electrons. The number of aromatic nitrogens is 3. The summed E-state index contributed by atoms with van der Waals surface area (Å²) in [6.45, 7) is 0.894. The minimum absolute atomic E-state index is 0.0384. The maximum atomic E-state index is 12.5. The van der Waals surface area contributed by atoms with Gasteiger partial charge in [-0.2, -0.15) is 0 Å². The number of sulfonamides is 1. The van der Waals surface area contributed by atoms with Crippen LogP contribution in [0.3, 0.4) is 0 Å². The van der Waals surface area contributed by atoms with Gasteiger partial charge in [0.2, 0.25) is 10.0 Å². The highest BCUT2D eigenvalue weighted by atomic mass is 32.2. The van der Waals surface area contributed by atoms with Crippen molar-refractivity contribution in [2.75, 3.05) is 5.32 Å². The lowest BCUT2D eigenvalue weighted by Crippen LogP contribution is -2.14. The first-order valence-corrected chi connectivity index (χ1v) is 10.9. The van der Waals surface area contributed by atoms with Crippen LogP contribution in [0.1, 0.15) is 35.4 Å². The molecule has 29 heavy (non-hydrogen) atoms. The lowest BCUT2D eigenvalue weighted by atomic mass is 10.1. The van der Waals surface area contributed by atoms with Crippen LogP contribution in [0.25, 0.3) is 11.4 Å². The van der Waals surface area contributed by atoms with Crippen molar-refractivity contribution >= 4 is 21.6 Å². The van der Waals surface area contributed by atoms with Gasteiger partial charge in [0.05, 0.1) is 4.90 Å². The van der Waals surface area contributed by atoms with Gasteiger partial charge in [-0.05, 0) is 49.2 Å². The Morgan fingerprint density at radius 2 is 1.83 bits per heavy atom. The molecule has 2 aromatic carbocycles. The van der Waals surface area contributed by atoms with E-state index >= 15 is 0 Å². The largest absolute Gasteiger partial charge is 0.322 e. The molecule has 0 saturated heterocycles. The summed E-state index contributed by atoms with van der Waals surface area (Å²) in [5.41, 5.74) is 1.83. The van der Waals surface area contributed by atoms with Crippen LogP contribution in [-0.4, -0.2) is 29.1 Å². The molecular formula is C20H21N5O3S. The highest BCUT2D eigenvalue weighted by molar-refractivity contribution is 7.89. The summed E-state index contributed by atoms with van der Waals surface area (Å²) < 4.78 is 24.8. The summed E-state index contributed by atoms with van der Waals surface area (Å²) in [4.78, 5) is 12.5. The smallest absolute Gasteiger partial charge is 0.255 e. The van der Waals surface area contributed by atoms with E-state index in [2.05, 4.69) is 20.1 Å². The normalized spacial score (nSPS) is 14.1. The average molecular weight is 411 g/mol. The Bertz CT molecular complexity index is 1150. The zero-order valence-electron chi connectivity index (χ0n) is 15.7. The summed E-state index contributed by atoms with van der Waals surface area (Å²) in [5.74, 6) is 1.46. The third-order valence-corrected chi connectivity index (χ3v) is 5.86. The molecule has 4 rings (SSSR count). The Labute approximate surface area is 168 Å². The number of hydrogen-bond acceptors (Lipinski definition) is 5. The minimum atomic E-state index is -3.79. The minimum Gasteiger partial charge on any atom is -0.322 e. The Morgan fingerprint density at radius 3 is 2.59 bits per heavy atom. The van der Waals surface area contributed by atoms with Gasteiger partial charge < -0.3 is 9.88 Å². The van der Waals surface area contributed by atoms with Crippen molar-refractivity contribution in [3.05, 3.63) is 59.9 Å². The van der Waals surface area contributed by atoms with E-state index in [0.717, 1.165) is 43.0 Å². The maximum absolute atomic E-state index is 12.5. The summed E-state index contributed by atoms with van der Waals surface area (Å²) in [6, 6.07) is 12.9. The fraction of sp³-hybridized carbons (Fsp3) is 0.250. The SMILES string of the molecule is NS(=O)(=O)c1ccc(C(=O)Nc2cccc(-c3nnc4n3CCCCC4)c2)cc1. The summed E-state index contributed by atoms with van der Waals surface area (Å²) in [6.07, 6.45) is 4.34. The number of fused-ring (bicyclic) bond motifs is 1. The first-order chi connectivity index (χ1) is 13.9. The third-order valence-electron chi connectivity index (χ3n) is 4.93. The number of primary sulfonamides is 1. The molecule has 0 radical (unpaired) electrons. The Kier molecular flexibility index (Phi) is 5.16. The van der Waals surface area contributed by atoms with E-state index < -0.39 is 10.0 Å². The number of carbonyl (C=O) groups is 1. The molecule has 0 bridgehead atoms. The van der Waals surface area contributed by atoms with Crippen molar-refractivity contribution in [2.45, 2.75) is 37.1 Å². The molecule has 0 aliphatic carbocycles. The summed E-state index contributed by atoms with van der Waals surface area (Å²) in [5, 5.41) is 16.6. The monoisotopic (exact) mass is 411 g/mol. The molecule has 1 aliphatic heterocycles. The summed E-state index contributed by atoms with van der Waals surface area (Å²) >= 11 is 0. The van der Waals surface area contributed by atoms with Gasteiger partial charge in [0, 0.05) is 29.8 Å². The van der Waals surface area contributed by atoms with Crippen LogP contribution in [0.15, 0.2) is 53.4 Å². The third kappa shape index (κ3) is 4.20. The molecule has 0 unspecified atom stereocenters. The van der Waals surface area contributed by atoms with E-state index in [-0.39, 0.29) is 10.8 Å². The van der Waals surface area contributed by atoms with E-state index in [4.69, 9.17) is 5.14 Å². The molecule has 0 saturated carbocycles. The van der Waals surface area contributed by atoms with Gasteiger partial charge in [-0.25, -0.2) is 13.6 Å². The quantitative estimate of drug-likeness (QED) is 0.684. The topological polar surface area (TPSA) is 120 Å². The van der Waals surface area contributed by atoms with Crippen LogP contribution in [-0.2, 0) is 23.0 Å². The zero-order chi connectivity index (χ0) is 20.4. The highest BCUT2D eigenvalue weighted by Gasteiger charge is 2.17. The number of rotatable bonds is 4. The molecule has 3 N–H and O–H groups in total. The van der Waals surface area contributed by atoms with Crippen molar-refractivity contribution in [3.63, 3.8) is 0 Å². The van der Waals surface area contributed by atoms with Gasteiger partial charge in [-0.15, -0.1) is 10.2 Å². The molecule has 3 aromatic rings. The predicted molar refractivity (Wildman–Crippen MR) is 109 cm³/mol. The number of anilines is 1. The van der Waals surface area contributed by atoms with Gasteiger partial charge in [-0.3, -0.25) is 4.79 Å². The average Bonchev–Trinajstić information content (AvgIpc) is 2.96. The number of hydrogen-bond donors (Lipinski definition) is 2. The predicted octanol–water partition coefficient (Wildman–Crippen LogP) is 2.57. The Balaban J connectivity index is 1.55. The second-order valence-corrected chi connectivity index (χ2v) is 8.57. The van der Waals surface area contributed by atoms with E-state index in [0.29, 0.717) is 11.3 Å². The fourth-order valence-corrected chi connectivity index (χ4v) is 3.95. The molecule has 9 heteroatoms. The number of amides is 1. The number of aryl methyl sites for hydroxylation is 1. The maximum Gasteiger partial charge on any atom is 0.255 e. The molecule has 0 atom stereocenters. The molecule has 8 nitrogen and oxygen atoms in total. The second-order valence-electron chi connectivity index (χ2n) is 7.01. The van der Waals surface area contributed by atoms with Crippen molar-refractivity contribution in [1.82, 2.24) is 14.8 Å². The molecule has 1 aromatic heterocycles. The molecule has 0 spiro atoms. The van der Waals surface area contributed by atoms with Crippen molar-refractivity contribution < 1.29 is 13.2 Å². The van der Waals surface area contributed by atoms with Crippen LogP contribution < -0.4 is 10.5 Å². The Hall–Kier alpha value is -3.04. The number of nitrogens with zero attached hydrogens (tertiary/aromatic N) is 3. The van der Waals surface area contributed by atoms with Crippen LogP contribution in [0, 0.1) is 0 Å². The number of benzene rings is 2. The van der Waals surface area contributed by atoms with Crippen molar-refractivity contribution in [1.29, 1.82) is 0 Å². The molecular weight excluding hydrogens is 390 g/mol. The summed E-state index contributed by atoms with van der Waals surface area (Å²) in [7, 11) is -3.79. The van der Waals surface area contributed by atoms with Crippen LogP contribution in [0.5, 0.6) is 0 Å². The van der Waals surface area contributed by atoms with Gasteiger partial charge in [-0.1, -0.05) is 18.6 Å². The fourth-order valence-electron chi connectivity index (χ4n) is 3.43. The first kappa shape index (κ1) is 19.3. The lowest BCUT2D eigenvalue weighted by molar-refractivity contribution is 0.102. The number of nitrogens with one attached hydrogen (secondary N) is 1. The second kappa shape index (κ2) is 7.76. The van der Waals surface area contributed by atoms with Gasteiger partial charge in [0.1, 0.15) is 5.82 Å². The zero-order valence-corrected chi connectivity index (χ0v) is 16.5. The van der Waals surface area contributed by atoms with Crippen LogP contribution in [0.2, 0.25) is 0 Å². The van der Waals surface area contributed by atoms with Crippen molar-refractivity contribution in [3.8, 4) is 11.4 Å². The molecule has 1 aliphatic rings. The van der Waals surface area contributed by atoms with E-state index in [1.54, 1.807) is 6.07 Å². The standard InChI is InChI=1S/C20H21N5O3S/c21-29(27,28)17-10-8-14(9-11-17)20(26)22-16-6-4-5-15(13-16)19-24-23-18-7-2-1-3-12-25(18)19/h4-6,8-11,13H,1-3,7,12H2,(H,22,26)(H2,21,27,28). The van der Waals surface area contributed by atoms with Crippen LogP contribution >= 0.6 is 0 Å². The number of nitrogens with two attached hydrogens (primary N) is 1. The highest BCUT2D eigenvalue weighted by Crippen LogP contribution is 2.25. The molecule has 1 amide bonds. The Morgan fingerprint density at radius 1 is 1.03 bits per heavy atom. The molecule has 0 fully saturated rings. The van der Waals surface area contributed by atoms with Gasteiger partial charge >= 0.3 is 0 Å². The van der Waals surface area contributed by atoms with E-state index in [9.17, 15) is 13.2 Å². The lowest BCUT2D eigenvalue weighted by Gasteiger charge is -2.10. The first-order valence-electron chi connectivity index (χ1n) is 9.38. The number of carbonyl (C=O) groups excluding carboxylic acids is 1. The van der Waals surface area contributed by atoms with E-state index in [1.165, 1.54) is 30.7 Å². The van der Waals surface area contributed by atoms with Gasteiger partial charge in [0.15, 0.2) is 5.82 Å². The van der Waals surface area contributed by atoms with Gasteiger partial charge in [0.25, 0.3) is 5.91 Å². The van der Waals surface area contributed by atoms with E-state index in [1.807, 2.05) is 18.2 Å².